The Morgan fingerprint density at radius 3 is 2.43 bits per heavy atom. The van der Waals surface area contributed by atoms with E-state index in [4.69, 9.17) is 11.6 Å². The Labute approximate surface area is 139 Å². The Morgan fingerprint density at radius 2 is 1.78 bits per heavy atom. The standard InChI is InChI=1S/C15H16ClN3O3S/c1-23(21,22)19-14-4-2-3-11(9-14)10-17-15(20)18-13-7-5-12(16)6-8-13/h2-9,19H,10H2,1H3,(H2,17,18,20). The first kappa shape index (κ1) is 17.1. The van der Waals surface area contributed by atoms with Crippen LogP contribution in [0.4, 0.5) is 16.2 Å². The SMILES string of the molecule is CS(=O)(=O)Nc1cccc(CNC(=O)Nc2ccc(Cl)cc2)c1. The minimum absolute atomic E-state index is 0.263. The second kappa shape index (κ2) is 7.34. The van der Waals surface area contributed by atoms with Gasteiger partial charge in [-0.15, -0.1) is 0 Å². The lowest BCUT2D eigenvalue weighted by Crippen LogP contribution is -2.28. The number of halogens is 1. The van der Waals surface area contributed by atoms with Crippen molar-refractivity contribution in [3.63, 3.8) is 0 Å². The highest BCUT2D eigenvalue weighted by Gasteiger charge is 2.04. The number of amides is 2. The third-order valence-corrected chi connectivity index (χ3v) is 3.64. The summed E-state index contributed by atoms with van der Waals surface area (Å²) in [5.41, 5.74) is 1.84. The number of hydrogen-bond donors (Lipinski definition) is 3. The molecule has 2 aromatic carbocycles. The van der Waals surface area contributed by atoms with Gasteiger partial charge in [0.05, 0.1) is 6.26 Å². The van der Waals surface area contributed by atoms with Crippen molar-refractivity contribution in [2.24, 2.45) is 0 Å². The van der Waals surface area contributed by atoms with Gasteiger partial charge in [0.1, 0.15) is 0 Å². The molecule has 2 rings (SSSR count). The second-order valence-electron chi connectivity index (χ2n) is 4.89. The van der Waals surface area contributed by atoms with Gasteiger partial charge >= 0.3 is 6.03 Å². The Kier molecular flexibility index (Phi) is 5.46. The molecule has 0 aromatic heterocycles. The summed E-state index contributed by atoms with van der Waals surface area (Å²) in [7, 11) is -3.33. The number of carbonyl (C=O) groups excluding carboxylic acids is 1. The smallest absolute Gasteiger partial charge is 0.319 e. The summed E-state index contributed by atoms with van der Waals surface area (Å²) in [5.74, 6) is 0. The van der Waals surface area contributed by atoms with Gasteiger partial charge in [-0.25, -0.2) is 13.2 Å². The highest BCUT2D eigenvalue weighted by molar-refractivity contribution is 7.92. The molecule has 0 aliphatic carbocycles. The molecule has 0 aliphatic rings. The topological polar surface area (TPSA) is 87.3 Å². The predicted molar refractivity (Wildman–Crippen MR) is 92.2 cm³/mol. The Bertz CT molecular complexity index is 792. The van der Waals surface area contributed by atoms with Gasteiger partial charge in [-0.1, -0.05) is 23.7 Å². The van der Waals surface area contributed by atoms with Crippen molar-refractivity contribution in [1.29, 1.82) is 0 Å². The molecule has 0 fully saturated rings. The van der Waals surface area contributed by atoms with Gasteiger partial charge < -0.3 is 10.6 Å². The third kappa shape index (κ3) is 6.17. The average molecular weight is 354 g/mol. The molecular weight excluding hydrogens is 338 g/mol. The number of nitrogens with one attached hydrogen (secondary N) is 3. The van der Waals surface area contributed by atoms with E-state index in [1.807, 2.05) is 0 Å². The van der Waals surface area contributed by atoms with E-state index in [1.165, 1.54) is 0 Å². The fourth-order valence-corrected chi connectivity index (χ4v) is 2.53. The van der Waals surface area contributed by atoms with Gasteiger partial charge in [0.2, 0.25) is 10.0 Å². The zero-order valence-electron chi connectivity index (χ0n) is 12.3. The molecule has 8 heteroatoms. The molecule has 0 aliphatic heterocycles. The van der Waals surface area contributed by atoms with E-state index < -0.39 is 10.0 Å². The van der Waals surface area contributed by atoms with Crippen molar-refractivity contribution in [3.05, 3.63) is 59.1 Å². The highest BCUT2D eigenvalue weighted by Crippen LogP contribution is 2.14. The first-order valence-corrected chi connectivity index (χ1v) is 8.96. The first-order valence-electron chi connectivity index (χ1n) is 6.69. The van der Waals surface area contributed by atoms with Crippen molar-refractivity contribution < 1.29 is 13.2 Å². The second-order valence-corrected chi connectivity index (χ2v) is 7.07. The Hall–Kier alpha value is -2.25. The van der Waals surface area contributed by atoms with E-state index in [0.717, 1.165) is 11.8 Å². The van der Waals surface area contributed by atoms with E-state index in [2.05, 4.69) is 15.4 Å². The van der Waals surface area contributed by atoms with E-state index >= 15 is 0 Å². The molecule has 6 nitrogen and oxygen atoms in total. The van der Waals surface area contributed by atoms with E-state index in [0.29, 0.717) is 16.4 Å². The van der Waals surface area contributed by atoms with Gasteiger partial charge in [0.25, 0.3) is 0 Å². The molecule has 2 aromatic rings. The van der Waals surface area contributed by atoms with E-state index in [-0.39, 0.29) is 12.6 Å². The quantitative estimate of drug-likeness (QED) is 0.772. The van der Waals surface area contributed by atoms with Crippen LogP contribution in [0.25, 0.3) is 0 Å². The molecule has 122 valence electrons. The molecule has 23 heavy (non-hydrogen) atoms. The summed E-state index contributed by atoms with van der Waals surface area (Å²) in [6, 6.07) is 13.2. The van der Waals surface area contributed by atoms with Crippen LogP contribution in [0.5, 0.6) is 0 Å². The molecule has 0 saturated heterocycles. The molecule has 0 unspecified atom stereocenters. The minimum atomic E-state index is -3.33. The van der Waals surface area contributed by atoms with E-state index in [1.54, 1.807) is 48.5 Å². The first-order chi connectivity index (χ1) is 10.8. The minimum Gasteiger partial charge on any atom is -0.334 e. The maximum Gasteiger partial charge on any atom is 0.319 e. The van der Waals surface area contributed by atoms with Crippen LogP contribution < -0.4 is 15.4 Å². The highest BCUT2D eigenvalue weighted by atomic mass is 35.5. The Balaban J connectivity index is 1.91. The summed E-state index contributed by atoms with van der Waals surface area (Å²) in [5, 5.41) is 5.95. The maximum absolute atomic E-state index is 11.8. The molecule has 0 spiro atoms. The predicted octanol–water partition coefficient (Wildman–Crippen LogP) is 3.03. The molecular formula is C15H16ClN3O3S. The van der Waals surface area contributed by atoms with Gasteiger partial charge in [-0.2, -0.15) is 0 Å². The maximum atomic E-state index is 11.8. The fraction of sp³-hybridized carbons (Fsp3) is 0.133. The average Bonchev–Trinajstić information content (AvgIpc) is 2.46. The fourth-order valence-electron chi connectivity index (χ4n) is 1.85. The van der Waals surface area contributed by atoms with E-state index in [9.17, 15) is 13.2 Å². The lowest BCUT2D eigenvalue weighted by Gasteiger charge is -2.09. The lowest BCUT2D eigenvalue weighted by atomic mass is 10.2. The monoisotopic (exact) mass is 353 g/mol. The molecule has 0 atom stereocenters. The largest absolute Gasteiger partial charge is 0.334 e. The van der Waals surface area contributed by atoms with Crippen LogP contribution in [0.2, 0.25) is 5.02 Å². The van der Waals surface area contributed by atoms with Crippen LogP contribution in [0, 0.1) is 0 Å². The van der Waals surface area contributed by atoms with Crippen LogP contribution in [0.1, 0.15) is 5.56 Å². The van der Waals surface area contributed by atoms with Crippen LogP contribution >= 0.6 is 11.6 Å². The zero-order chi connectivity index (χ0) is 16.9. The van der Waals surface area contributed by atoms with Crippen molar-refractivity contribution in [3.8, 4) is 0 Å². The number of urea groups is 1. The van der Waals surface area contributed by atoms with Crippen LogP contribution in [0.15, 0.2) is 48.5 Å². The summed E-state index contributed by atoms with van der Waals surface area (Å²) in [6.07, 6.45) is 1.08. The summed E-state index contributed by atoms with van der Waals surface area (Å²) in [6.45, 7) is 0.263. The number of hydrogen-bond acceptors (Lipinski definition) is 3. The number of sulfonamides is 1. The summed E-state index contributed by atoms with van der Waals surface area (Å²) in [4.78, 5) is 11.8. The molecule has 3 N–H and O–H groups in total. The van der Waals surface area contributed by atoms with Crippen LogP contribution in [-0.4, -0.2) is 20.7 Å². The lowest BCUT2D eigenvalue weighted by molar-refractivity contribution is 0.251. The van der Waals surface area contributed by atoms with Gasteiger partial charge in [-0.3, -0.25) is 4.72 Å². The molecule has 0 radical (unpaired) electrons. The third-order valence-electron chi connectivity index (χ3n) is 2.79. The van der Waals surface area contributed by atoms with Crippen molar-refractivity contribution in [1.82, 2.24) is 5.32 Å². The van der Waals surface area contributed by atoms with Crippen molar-refractivity contribution >= 4 is 39.0 Å². The van der Waals surface area contributed by atoms with Crippen LogP contribution in [0.3, 0.4) is 0 Å². The summed E-state index contributed by atoms with van der Waals surface area (Å²) < 4.78 is 24.8. The van der Waals surface area contributed by atoms with Crippen molar-refractivity contribution in [2.75, 3.05) is 16.3 Å². The molecule has 0 bridgehead atoms. The molecule has 0 heterocycles. The number of benzene rings is 2. The van der Waals surface area contributed by atoms with Crippen LogP contribution in [-0.2, 0) is 16.6 Å². The summed E-state index contributed by atoms with van der Waals surface area (Å²) >= 11 is 5.77. The normalized spacial score (nSPS) is 10.9. The Morgan fingerprint density at radius 1 is 1.09 bits per heavy atom. The van der Waals surface area contributed by atoms with Gasteiger partial charge in [0, 0.05) is 22.9 Å². The number of carbonyl (C=O) groups is 1. The van der Waals surface area contributed by atoms with Gasteiger partial charge in [-0.05, 0) is 42.0 Å². The van der Waals surface area contributed by atoms with Crippen molar-refractivity contribution in [2.45, 2.75) is 6.54 Å². The number of rotatable bonds is 5. The number of anilines is 2. The zero-order valence-corrected chi connectivity index (χ0v) is 13.9. The van der Waals surface area contributed by atoms with Gasteiger partial charge in [0.15, 0.2) is 0 Å². The molecule has 0 saturated carbocycles. The molecule has 2 amide bonds.